The Morgan fingerprint density at radius 3 is 2.43 bits per heavy atom. The SMILES string of the molecule is CC(N)CCC(=O)Nc1ccc(C(=O)NC2CC2)cc1.Cl. The van der Waals surface area contributed by atoms with Gasteiger partial charge in [-0.15, -0.1) is 12.4 Å². The Kier molecular flexibility index (Phi) is 6.65. The molecule has 0 spiro atoms. The molecule has 0 aromatic heterocycles. The average molecular weight is 312 g/mol. The van der Waals surface area contributed by atoms with Crippen LogP contribution in [0.3, 0.4) is 0 Å². The monoisotopic (exact) mass is 311 g/mol. The smallest absolute Gasteiger partial charge is 0.251 e. The van der Waals surface area contributed by atoms with Gasteiger partial charge in [0.15, 0.2) is 0 Å². The maximum atomic E-state index is 11.8. The van der Waals surface area contributed by atoms with Crippen molar-refractivity contribution in [3.8, 4) is 0 Å². The van der Waals surface area contributed by atoms with E-state index in [1.165, 1.54) is 0 Å². The zero-order valence-electron chi connectivity index (χ0n) is 12.1. The molecule has 1 fully saturated rings. The number of nitrogens with two attached hydrogens (primary N) is 1. The fraction of sp³-hybridized carbons (Fsp3) is 0.467. The van der Waals surface area contributed by atoms with E-state index in [0.29, 0.717) is 30.1 Å². The number of amides is 2. The molecule has 116 valence electrons. The number of rotatable bonds is 6. The predicted molar refractivity (Wildman–Crippen MR) is 85.7 cm³/mol. The van der Waals surface area contributed by atoms with E-state index in [-0.39, 0.29) is 30.3 Å². The summed E-state index contributed by atoms with van der Waals surface area (Å²) in [6.07, 6.45) is 3.20. The molecule has 0 heterocycles. The molecule has 1 atom stereocenters. The van der Waals surface area contributed by atoms with E-state index in [4.69, 9.17) is 5.73 Å². The minimum atomic E-state index is -0.0579. The van der Waals surface area contributed by atoms with Gasteiger partial charge in [-0.1, -0.05) is 0 Å². The first-order chi connectivity index (χ1) is 9.54. The maximum absolute atomic E-state index is 11.8. The molecule has 1 aliphatic rings. The highest BCUT2D eigenvalue weighted by Gasteiger charge is 2.23. The Morgan fingerprint density at radius 2 is 1.90 bits per heavy atom. The highest BCUT2D eigenvalue weighted by atomic mass is 35.5. The van der Waals surface area contributed by atoms with Crippen LogP contribution >= 0.6 is 12.4 Å². The first-order valence-electron chi connectivity index (χ1n) is 7.01. The molecule has 0 bridgehead atoms. The van der Waals surface area contributed by atoms with Crippen LogP contribution in [0.1, 0.15) is 43.0 Å². The lowest BCUT2D eigenvalue weighted by Crippen LogP contribution is -2.25. The van der Waals surface area contributed by atoms with Gasteiger partial charge in [-0.25, -0.2) is 0 Å². The minimum absolute atomic E-state index is 0. The van der Waals surface area contributed by atoms with Crippen LogP contribution in [0.25, 0.3) is 0 Å². The molecule has 2 amide bonds. The van der Waals surface area contributed by atoms with Crippen LogP contribution in [0, 0.1) is 0 Å². The highest BCUT2D eigenvalue weighted by molar-refractivity contribution is 5.96. The van der Waals surface area contributed by atoms with Gasteiger partial charge in [0.2, 0.25) is 5.91 Å². The third-order valence-corrected chi connectivity index (χ3v) is 3.17. The molecule has 1 aliphatic carbocycles. The van der Waals surface area contributed by atoms with Crippen LogP contribution in [0.4, 0.5) is 5.69 Å². The van der Waals surface area contributed by atoms with E-state index in [9.17, 15) is 9.59 Å². The first-order valence-corrected chi connectivity index (χ1v) is 7.01. The van der Waals surface area contributed by atoms with Gasteiger partial charge in [-0.3, -0.25) is 9.59 Å². The van der Waals surface area contributed by atoms with Crippen LogP contribution in [-0.2, 0) is 4.79 Å². The van der Waals surface area contributed by atoms with Crippen molar-refractivity contribution in [1.29, 1.82) is 0 Å². The second-order valence-corrected chi connectivity index (χ2v) is 5.39. The maximum Gasteiger partial charge on any atom is 0.251 e. The molecule has 2 rings (SSSR count). The van der Waals surface area contributed by atoms with Crippen molar-refractivity contribution in [3.05, 3.63) is 29.8 Å². The lowest BCUT2D eigenvalue weighted by Gasteiger charge is -2.08. The molecule has 4 N–H and O–H groups in total. The van der Waals surface area contributed by atoms with Crippen molar-refractivity contribution in [2.24, 2.45) is 5.73 Å². The predicted octanol–water partition coefficient (Wildman–Crippen LogP) is 2.07. The van der Waals surface area contributed by atoms with E-state index in [1.807, 2.05) is 6.92 Å². The standard InChI is InChI=1S/C15H21N3O2.ClH/c1-10(16)2-9-14(19)17-12-5-3-11(4-6-12)15(20)18-13-7-8-13;/h3-6,10,13H,2,7-9,16H2,1H3,(H,17,19)(H,18,20);1H. The molecule has 0 saturated heterocycles. The zero-order valence-corrected chi connectivity index (χ0v) is 12.9. The summed E-state index contributed by atoms with van der Waals surface area (Å²) >= 11 is 0. The van der Waals surface area contributed by atoms with Crippen molar-refractivity contribution in [3.63, 3.8) is 0 Å². The molecule has 0 radical (unpaired) electrons. The highest BCUT2D eigenvalue weighted by Crippen LogP contribution is 2.19. The summed E-state index contributed by atoms with van der Waals surface area (Å²) in [5.74, 6) is -0.111. The van der Waals surface area contributed by atoms with E-state index < -0.39 is 0 Å². The Morgan fingerprint density at radius 1 is 1.29 bits per heavy atom. The minimum Gasteiger partial charge on any atom is -0.349 e. The molecule has 0 aliphatic heterocycles. The summed E-state index contributed by atoms with van der Waals surface area (Å²) < 4.78 is 0. The van der Waals surface area contributed by atoms with E-state index in [0.717, 1.165) is 12.8 Å². The summed E-state index contributed by atoms with van der Waals surface area (Å²) in [5, 5.41) is 5.71. The molecular formula is C15H22ClN3O2. The third-order valence-electron chi connectivity index (χ3n) is 3.17. The molecule has 1 aromatic rings. The van der Waals surface area contributed by atoms with Crippen LogP contribution in [0.2, 0.25) is 0 Å². The normalized spacial score (nSPS) is 14.8. The molecule has 6 heteroatoms. The first kappa shape index (κ1) is 17.5. The number of anilines is 1. The van der Waals surface area contributed by atoms with Crippen LogP contribution in [0.15, 0.2) is 24.3 Å². The number of carbonyl (C=O) groups excluding carboxylic acids is 2. The summed E-state index contributed by atoms with van der Waals surface area (Å²) in [4.78, 5) is 23.4. The van der Waals surface area contributed by atoms with Gasteiger partial charge < -0.3 is 16.4 Å². The van der Waals surface area contributed by atoms with Crippen molar-refractivity contribution in [1.82, 2.24) is 5.32 Å². The van der Waals surface area contributed by atoms with Crippen LogP contribution < -0.4 is 16.4 Å². The molecule has 1 aromatic carbocycles. The molecule has 21 heavy (non-hydrogen) atoms. The largest absolute Gasteiger partial charge is 0.349 e. The van der Waals surface area contributed by atoms with Gasteiger partial charge >= 0.3 is 0 Å². The number of halogens is 1. The Hall–Kier alpha value is -1.59. The number of hydrogen-bond acceptors (Lipinski definition) is 3. The quantitative estimate of drug-likeness (QED) is 0.752. The van der Waals surface area contributed by atoms with Gasteiger partial charge in [0, 0.05) is 29.8 Å². The third kappa shape index (κ3) is 6.14. The molecule has 1 saturated carbocycles. The van der Waals surface area contributed by atoms with Gasteiger partial charge in [0.05, 0.1) is 0 Å². The summed E-state index contributed by atoms with van der Waals surface area (Å²) in [7, 11) is 0. The fourth-order valence-corrected chi connectivity index (χ4v) is 1.78. The van der Waals surface area contributed by atoms with Crippen molar-refractivity contribution >= 4 is 29.9 Å². The van der Waals surface area contributed by atoms with Crippen molar-refractivity contribution in [2.75, 3.05) is 5.32 Å². The fourth-order valence-electron chi connectivity index (χ4n) is 1.78. The number of benzene rings is 1. The van der Waals surface area contributed by atoms with Gasteiger partial charge in [-0.2, -0.15) is 0 Å². The second kappa shape index (κ2) is 8.00. The van der Waals surface area contributed by atoms with Crippen LogP contribution in [-0.4, -0.2) is 23.9 Å². The molecular weight excluding hydrogens is 290 g/mol. The number of carbonyl (C=O) groups is 2. The number of nitrogens with one attached hydrogen (secondary N) is 2. The average Bonchev–Trinajstić information content (AvgIpc) is 3.21. The van der Waals surface area contributed by atoms with Crippen molar-refractivity contribution < 1.29 is 9.59 Å². The second-order valence-electron chi connectivity index (χ2n) is 5.39. The Labute approximate surface area is 131 Å². The van der Waals surface area contributed by atoms with Crippen LogP contribution in [0.5, 0.6) is 0 Å². The number of hydrogen-bond donors (Lipinski definition) is 3. The Bertz CT molecular complexity index is 484. The lowest BCUT2D eigenvalue weighted by atomic mass is 10.1. The Balaban J connectivity index is 0.00000220. The van der Waals surface area contributed by atoms with Gasteiger partial charge in [0.1, 0.15) is 0 Å². The molecule has 5 nitrogen and oxygen atoms in total. The lowest BCUT2D eigenvalue weighted by molar-refractivity contribution is -0.116. The van der Waals surface area contributed by atoms with E-state index in [2.05, 4.69) is 10.6 Å². The summed E-state index contributed by atoms with van der Waals surface area (Å²) in [6, 6.07) is 7.30. The van der Waals surface area contributed by atoms with E-state index in [1.54, 1.807) is 24.3 Å². The van der Waals surface area contributed by atoms with E-state index >= 15 is 0 Å². The summed E-state index contributed by atoms with van der Waals surface area (Å²) in [5.41, 5.74) is 6.92. The topological polar surface area (TPSA) is 84.2 Å². The van der Waals surface area contributed by atoms with Gasteiger partial charge in [0.25, 0.3) is 5.91 Å². The zero-order chi connectivity index (χ0) is 14.5. The summed E-state index contributed by atoms with van der Waals surface area (Å²) in [6.45, 7) is 1.88. The van der Waals surface area contributed by atoms with Crippen molar-refractivity contribution in [2.45, 2.75) is 44.7 Å². The van der Waals surface area contributed by atoms with Gasteiger partial charge in [-0.05, 0) is 50.5 Å². The molecule has 1 unspecified atom stereocenters.